The molecule has 0 saturated carbocycles. The maximum atomic E-state index is 12.3. The van der Waals surface area contributed by atoms with Gasteiger partial charge in [0.2, 0.25) is 0 Å². The number of carbonyl (C=O) groups is 1. The lowest BCUT2D eigenvalue weighted by atomic mass is 10.1. The average Bonchev–Trinajstić information content (AvgIpc) is 2.60. The molecule has 0 amide bonds. The predicted molar refractivity (Wildman–Crippen MR) is 96.1 cm³/mol. The Morgan fingerprint density at radius 2 is 1.44 bits per heavy atom. The highest BCUT2D eigenvalue weighted by molar-refractivity contribution is 6.07. The Kier molecular flexibility index (Phi) is 4.81. The molecule has 0 saturated heterocycles. The Morgan fingerprint density at radius 3 is 2.16 bits per heavy atom. The monoisotopic (exact) mass is 332 g/mol. The fourth-order valence-corrected chi connectivity index (χ4v) is 2.29. The summed E-state index contributed by atoms with van der Waals surface area (Å²) < 4.78 is 5.66. The zero-order valence-corrected chi connectivity index (χ0v) is 13.3. The molecule has 0 unspecified atom stereocenters. The lowest BCUT2D eigenvalue weighted by molar-refractivity contribution is 0.104. The van der Waals surface area contributed by atoms with Crippen LogP contribution in [0.5, 0.6) is 23.0 Å². The van der Waals surface area contributed by atoms with E-state index in [2.05, 4.69) is 0 Å². The summed E-state index contributed by atoms with van der Waals surface area (Å²) in [6, 6.07) is 19.9. The van der Waals surface area contributed by atoms with Crippen LogP contribution in [0, 0.1) is 0 Å². The second-order valence-corrected chi connectivity index (χ2v) is 5.42. The highest BCUT2D eigenvalue weighted by Crippen LogP contribution is 2.25. The molecule has 0 spiro atoms. The number of ketones is 1. The van der Waals surface area contributed by atoms with Gasteiger partial charge in [-0.05, 0) is 48.0 Å². The number of benzene rings is 3. The van der Waals surface area contributed by atoms with Gasteiger partial charge in [-0.1, -0.05) is 36.4 Å². The molecule has 0 aliphatic rings. The number of phenolic OH excluding ortho intramolecular Hbond substituents is 2. The molecule has 0 aromatic heterocycles. The van der Waals surface area contributed by atoms with Gasteiger partial charge >= 0.3 is 0 Å². The molecule has 0 radical (unpaired) electrons. The van der Waals surface area contributed by atoms with Gasteiger partial charge in [0.05, 0.1) is 0 Å². The lowest BCUT2D eigenvalue weighted by Gasteiger charge is -2.07. The van der Waals surface area contributed by atoms with Crippen molar-refractivity contribution in [1.82, 2.24) is 0 Å². The quantitative estimate of drug-likeness (QED) is 0.521. The third-order valence-corrected chi connectivity index (χ3v) is 3.47. The summed E-state index contributed by atoms with van der Waals surface area (Å²) in [5.74, 6) is 1.07. The van der Waals surface area contributed by atoms with Crippen LogP contribution in [0.25, 0.3) is 6.08 Å². The van der Waals surface area contributed by atoms with E-state index >= 15 is 0 Å². The minimum atomic E-state index is -0.176. The van der Waals surface area contributed by atoms with Crippen LogP contribution in [0.2, 0.25) is 0 Å². The minimum absolute atomic E-state index is 0.110. The third-order valence-electron chi connectivity index (χ3n) is 3.47. The van der Waals surface area contributed by atoms with Crippen molar-refractivity contribution in [2.45, 2.75) is 0 Å². The number of hydrogen-bond acceptors (Lipinski definition) is 4. The van der Waals surface area contributed by atoms with Crippen LogP contribution in [0.1, 0.15) is 15.9 Å². The van der Waals surface area contributed by atoms with Crippen molar-refractivity contribution in [3.8, 4) is 23.0 Å². The van der Waals surface area contributed by atoms with Gasteiger partial charge in [0.15, 0.2) is 5.78 Å². The third kappa shape index (κ3) is 4.48. The summed E-state index contributed by atoms with van der Waals surface area (Å²) in [5.41, 5.74) is 1.22. The smallest absolute Gasteiger partial charge is 0.185 e. The van der Waals surface area contributed by atoms with Crippen molar-refractivity contribution in [3.05, 3.63) is 90.0 Å². The maximum Gasteiger partial charge on any atom is 0.185 e. The second-order valence-electron chi connectivity index (χ2n) is 5.42. The Labute approximate surface area is 145 Å². The van der Waals surface area contributed by atoms with E-state index in [0.717, 1.165) is 5.56 Å². The highest BCUT2D eigenvalue weighted by atomic mass is 16.5. The molecule has 0 aliphatic carbocycles. The van der Waals surface area contributed by atoms with E-state index in [9.17, 15) is 15.0 Å². The van der Waals surface area contributed by atoms with Crippen LogP contribution in [0.3, 0.4) is 0 Å². The standard InChI is InChI=1S/C21H16O4/c22-17-6-1-4-15(12-17)10-11-21(24)16-5-2-8-19(13-16)25-20-9-3-7-18(23)14-20/h1-14,22-23H/b11-10+. The number of phenols is 2. The lowest BCUT2D eigenvalue weighted by Crippen LogP contribution is -1.95. The van der Waals surface area contributed by atoms with Crippen LogP contribution in [0.4, 0.5) is 0 Å². The SMILES string of the molecule is O=C(/C=C/c1cccc(O)c1)c1cccc(Oc2cccc(O)c2)c1. The van der Waals surface area contributed by atoms with E-state index < -0.39 is 0 Å². The molecule has 3 aromatic rings. The molecule has 0 bridgehead atoms. The van der Waals surface area contributed by atoms with Gasteiger partial charge in [-0.15, -0.1) is 0 Å². The molecule has 25 heavy (non-hydrogen) atoms. The van der Waals surface area contributed by atoms with E-state index in [1.165, 1.54) is 12.1 Å². The molecule has 3 rings (SSSR count). The van der Waals surface area contributed by atoms with Crippen LogP contribution < -0.4 is 4.74 Å². The number of aromatic hydroxyl groups is 2. The molecule has 124 valence electrons. The van der Waals surface area contributed by atoms with Gasteiger partial charge in [-0.2, -0.15) is 0 Å². The second kappa shape index (κ2) is 7.36. The fourth-order valence-electron chi connectivity index (χ4n) is 2.29. The van der Waals surface area contributed by atoms with Crippen LogP contribution in [0.15, 0.2) is 78.9 Å². The summed E-state index contributed by atoms with van der Waals surface area (Å²) in [5, 5.41) is 18.9. The summed E-state index contributed by atoms with van der Waals surface area (Å²) in [7, 11) is 0. The summed E-state index contributed by atoms with van der Waals surface area (Å²) >= 11 is 0. The van der Waals surface area contributed by atoms with Crippen molar-refractivity contribution < 1.29 is 19.7 Å². The van der Waals surface area contributed by atoms with Crippen LogP contribution in [-0.2, 0) is 0 Å². The Balaban J connectivity index is 1.75. The molecule has 0 atom stereocenters. The molecule has 4 nitrogen and oxygen atoms in total. The predicted octanol–water partition coefficient (Wildman–Crippen LogP) is 4.79. The van der Waals surface area contributed by atoms with Gasteiger partial charge in [-0.3, -0.25) is 4.79 Å². The largest absolute Gasteiger partial charge is 0.508 e. The number of hydrogen-bond donors (Lipinski definition) is 2. The van der Waals surface area contributed by atoms with Gasteiger partial charge < -0.3 is 14.9 Å². The molecular weight excluding hydrogens is 316 g/mol. The van der Waals surface area contributed by atoms with Crippen molar-refractivity contribution in [2.75, 3.05) is 0 Å². The van der Waals surface area contributed by atoms with Gasteiger partial charge in [-0.25, -0.2) is 0 Å². The van der Waals surface area contributed by atoms with Gasteiger partial charge in [0.25, 0.3) is 0 Å². The molecule has 2 N–H and O–H groups in total. The first-order valence-corrected chi connectivity index (χ1v) is 7.68. The van der Waals surface area contributed by atoms with Crippen molar-refractivity contribution in [1.29, 1.82) is 0 Å². The van der Waals surface area contributed by atoms with E-state index in [1.807, 2.05) is 0 Å². The maximum absolute atomic E-state index is 12.3. The number of ether oxygens (including phenoxy) is 1. The number of rotatable bonds is 5. The first-order chi connectivity index (χ1) is 12.1. The van der Waals surface area contributed by atoms with Crippen LogP contribution >= 0.6 is 0 Å². The molecule has 0 heterocycles. The molecule has 3 aromatic carbocycles. The number of carbonyl (C=O) groups excluding carboxylic acids is 1. The summed E-state index contributed by atoms with van der Waals surface area (Å²) in [6.45, 7) is 0. The average molecular weight is 332 g/mol. The minimum Gasteiger partial charge on any atom is -0.508 e. The molecule has 0 aliphatic heterocycles. The van der Waals surface area contributed by atoms with E-state index in [4.69, 9.17) is 4.74 Å². The van der Waals surface area contributed by atoms with Gasteiger partial charge in [0, 0.05) is 11.6 Å². The molecular formula is C21H16O4. The first-order valence-electron chi connectivity index (χ1n) is 7.68. The van der Waals surface area contributed by atoms with E-state index in [0.29, 0.717) is 17.1 Å². The first kappa shape index (κ1) is 16.3. The fraction of sp³-hybridized carbons (Fsp3) is 0. The van der Waals surface area contributed by atoms with Gasteiger partial charge in [0.1, 0.15) is 23.0 Å². The van der Waals surface area contributed by atoms with Crippen LogP contribution in [-0.4, -0.2) is 16.0 Å². The molecule has 0 fully saturated rings. The van der Waals surface area contributed by atoms with E-state index in [-0.39, 0.29) is 17.3 Å². The summed E-state index contributed by atoms with van der Waals surface area (Å²) in [4.78, 5) is 12.3. The highest BCUT2D eigenvalue weighted by Gasteiger charge is 2.05. The Morgan fingerprint density at radius 1 is 0.800 bits per heavy atom. The van der Waals surface area contributed by atoms with Crippen molar-refractivity contribution in [2.24, 2.45) is 0 Å². The van der Waals surface area contributed by atoms with Crippen molar-refractivity contribution in [3.63, 3.8) is 0 Å². The normalized spacial score (nSPS) is 10.7. The van der Waals surface area contributed by atoms with E-state index in [1.54, 1.807) is 72.8 Å². The molecule has 4 heteroatoms. The Hall–Kier alpha value is -3.53. The summed E-state index contributed by atoms with van der Waals surface area (Å²) in [6.07, 6.45) is 3.09. The zero-order valence-electron chi connectivity index (χ0n) is 13.3. The topological polar surface area (TPSA) is 66.8 Å². The zero-order chi connectivity index (χ0) is 17.6. The van der Waals surface area contributed by atoms with Crippen molar-refractivity contribution >= 4 is 11.9 Å². The number of allylic oxidation sites excluding steroid dienone is 1. The Bertz CT molecular complexity index is 928.